The molecule has 98 valence electrons. The van der Waals surface area contributed by atoms with Crippen molar-refractivity contribution in [2.45, 2.75) is 19.5 Å². The summed E-state index contributed by atoms with van der Waals surface area (Å²) in [5.74, 6) is 0. The lowest BCUT2D eigenvalue weighted by molar-refractivity contribution is -0.137. The van der Waals surface area contributed by atoms with Gasteiger partial charge in [-0.15, -0.1) is 0 Å². The fourth-order valence-corrected chi connectivity index (χ4v) is 1.94. The number of nitrogens with zero attached hydrogens (tertiary/aromatic N) is 1. The van der Waals surface area contributed by atoms with Gasteiger partial charge in [0.1, 0.15) is 0 Å². The van der Waals surface area contributed by atoms with Crippen LogP contribution in [-0.4, -0.2) is 19.1 Å². The summed E-state index contributed by atoms with van der Waals surface area (Å²) in [6.07, 6.45) is -3.67. The van der Waals surface area contributed by atoms with Crippen molar-refractivity contribution in [3.63, 3.8) is 0 Å². The third-order valence-corrected chi connectivity index (χ3v) is 2.91. The smallest absolute Gasteiger partial charge is 0.338 e. The van der Waals surface area contributed by atoms with Gasteiger partial charge in [0, 0.05) is 18.8 Å². The second kappa shape index (κ2) is 4.51. The Kier molecular flexibility index (Phi) is 3.19. The van der Waals surface area contributed by atoms with Crippen molar-refractivity contribution in [2.75, 3.05) is 18.0 Å². The van der Waals surface area contributed by atoms with Crippen LogP contribution in [0.5, 0.6) is 0 Å². The second-order valence-corrected chi connectivity index (χ2v) is 4.24. The van der Waals surface area contributed by atoms with E-state index >= 15 is 0 Å². The van der Waals surface area contributed by atoms with Gasteiger partial charge in [-0.1, -0.05) is 6.07 Å². The molecule has 0 radical (unpaired) electrons. The van der Waals surface area contributed by atoms with E-state index in [1.165, 1.54) is 11.0 Å². The second-order valence-electron chi connectivity index (χ2n) is 4.24. The van der Waals surface area contributed by atoms with Gasteiger partial charge in [0.15, 0.2) is 0 Å². The molecule has 1 saturated heterocycles. The Bertz CT molecular complexity index is 471. The Morgan fingerprint density at radius 2 is 2.06 bits per heavy atom. The first-order valence-electron chi connectivity index (χ1n) is 5.63. The van der Waals surface area contributed by atoms with E-state index in [1.807, 2.05) is 0 Å². The van der Waals surface area contributed by atoms with Gasteiger partial charge in [0.2, 0.25) is 0 Å². The molecule has 1 heterocycles. The zero-order valence-corrected chi connectivity index (χ0v) is 9.84. The van der Waals surface area contributed by atoms with Gasteiger partial charge in [0.05, 0.1) is 5.56 Å². The molecule has 0 atom stereocenters. The van der Waals surface area contributed by atoms with Crippen molar-refractivity contribution in [3.8, 4) is 0 Å². The highest BCUT2D eigenvalue weighted by Gasteiger charge is 2.32. The maximum atomic E-state index is 12.6. The highest BCUT2D eigenvalue weighted by atomic mass is 19.4. The molecule has 0 aromatic heterocycles. The average molecular weight is 258 g/mol. The van der Waals surface area contributed by atoms with Crippen LogP contribution in [0, 0.1) is 6.92 Å². The number of rotatable bonds is 1. The van der Waals surface area contributed by atoms with Crippen molar-refractivity contribution < 1.29 is 18.0 Å². The van der Waals surface area contributed by atoms with Crippen LogP contribution in [-0.2, 0) is 6.18 Å². The standard InChI is InChI=1S/C12H13F3N2O/c1-8-3-4-9(12(13,14)15)7-10(8)17-6-2-5-16-11(17)18/h3-4,7H,2,5-6H2,1H3,(H,16,18). The summed E-state index contributed by atoms with van der Waals surface area (Å²) in [7, 11) is 0. The lowest BCUT2D eigenvalue weighted by Crippen LogP contribution is -2.46. The van der Waals surface area contributed by atoms with Crippen LogP contribution in [0.1, 0.15) is 17.5 Å². The number of carbonyl (C=O) groups is 1. The first-order chi connectivity index (χ1) is 8.39. The number of benzene rings is 1. The van der Waals surface area contributed by atoms with Crippen LogP contribution in [0.15, 0.2) is 18.2 Å². The molecule has 1 fully saturated rings. The summed E-state index contributed by atoms with van der Waals surface area (Å²) in [5, 5.41) is 2.62. The van der Waals surface area contributed by atoms with E-state index in [0.29, 0.717) is 24.3 Å². The van der Waals surface area contributed by atoms with Crippen LogP contribution >= 0.6 is 0 Å². The van der Waals surface area contributed by atoms with Gasteiger partial charge >= 0.3 is 12.2 Å². The fourth-order valence-electron chi connectivity index (χ4n) is 1.94. The van der Waals surface area contributed by atoms with Gasteiger partial charge < -0.3 is 5.32 Å². The SMILES string of the molecule is Cc1ccc(C(F)(F)F)cc1N1CCCNC1=O. The molecule has 0 unspecified atom stereocenters. The lowest BCUT2D eigenvalue weighted by atomic mass is 10.1. The Balaban J connectivity index is 2.40. The van der Waals surface area contributed by atoms with E-state index in [9.17, 15) is 18.0 Å². The van der Waals surface area contributed by atoms with Crippen LogP contribution in [0.4, 0.5) is 23.7 Å². The number of aryl methyl sites for hydroxylation is 1. The molecule has 3 nitrogen and oxygen atoms in total. The number of carbonyl (C=O) groups excluding carboxylic acids is 1. The Labute approximate surface area is 103 Å². The van der Waals surface area contributed by atoms with E-state index < -0.39 is 11.7 Å². The van der Waals surface area contributed by atoms with E-state index in [4.69, 9.17) is 0 Å². The highest BCUT2D eigenvalue weighted by Crippen LogP contribution is 2.33. The molecule has 0 saturated carbocycles. The number of anilines is 1. The van der Waals surface area contributed by atoms with Gasteiger partial charge in [-0.3, -0.25) is 4.90 Å². The number of halogens is 3. The van der Waals surface area contributed by atoms with Crippen LogP contribution in [0.25, 0.3) is 0 Å². The number of amides is 2. The topological polar surface area (TPSA) is 32.3 Å². The zero-order chi connectivity index (χ0) is 13.3. The monoisotopic (exact) mass is 258 g/mol. The number of nitrogens with one attached hydrogen (secondary N) is 1. The average Bonchev–Trinajstić information content (AvgIpc) is 2.29. The van der Waals surface area contributed by atoms with Crippen molar-refractivity contribution in [3.05, 3.63) is 29.3 Å². The van der Waals surface area contributed by atoms with Gasteiger partial charge in [-0.2, -0.15) is 13.2 Å². The Morgan fingerprint density at radius 1 is 1.33 bits per heavy atom. The Hall–Kier alpha value is -1.72. The maximum Gasteiger partial charge on any atom is 0.416 e. The first kappa shape index (κ1) is 12.7. The minimum Gasteiger partial charge on any atom is -0.338 e. The summed E-state index contributed by atoms with van der Waals surface area (Å²) >= 11 is 0. The third-order valence-electron chi connectivity index (χ3n) is 2.91. The van der Waals surface area contributed by atoms with Crippen LogP contribution < -0.4 is 10.2 Å². The van der Waals surface area contributed by atoms with Crippen molar-refractivity contribution >= 4 is 11.7 Å². The molecule has 2 rings (SSSR count). The molecule has 1 aromatic carbocycles. The maximum absolute atomic E-state index is 12.6. The molecular formula is C12H13F3N2O. The number of hydrogen-bond acceptors (Lipinski definition) is 1. The molecule has 6 heteroatoms. The molecule has 0 aliphatic carbocycles. The van der Waals surface area contributed by atoms with Crippen molar-refractivity contribution in [1.29, 1.82) is 0 Å². The largest absolute Gasteiger partial charge is 0.416 e. The summed E-state index contributed by atoms with van der Waals surface area (Å²) in [6, 6.07) is 3.10. The molecule has 1 aliphatic rings. The molecule has 0 bridgehead atoms. The summed E-state index contributed by atoms with van der Waals surface area (Å²) in [4.78, 5) is 13.0. The molecule has 18 heavy (non-hydrogen) atoms. The van der Waals surface area contributed by atoms with Crippen molar-refractivity contribution in [1.82, 2.24) is 5.32 Å². The predicted octanol–water partition coefficient (Wildman–Crippen LogP) is 2.93. The van der Waals surface area contributed by atoms with Gasteiger partial charge in [0.25, 0.3) is 0 Å². The van der Waals surface area contributed by atoms with E-state index in [1.54, 1.807) is 6.92 Å². The third kappa shape index (κ3) is 2.42. The molecule has 1 N–H and O–H groups in total. The van der Waals surface area contributed by atoms with Crippen molar-refractivity contribution in [2.24, 2.45) is 0 Å². The van der Waals surface area contributed by atoms with Crippen LogP contribution in [0.2, 0.25) is 0 Å². The Morgan fingerprint density at radius 3 is 2.67 bits per heavy atom. The summed E-state index contributed by atoms with van der Waals surface area (Å²) in [5.41, 5.74) is 0.239. The zero-order valence-electron chi connectivity index (χ0n) is 9.84. The quantitative estimate of drug-likeness (QED) is 0.825. The molecule has 0 spiro atoms. The van der Waals surface area contributed by atoms with Gasteiger partial charge in [-0.05, 0) is 31.0 Å². The van der Waals surface area contributed by atoms with E-state index in [2.05, 4.69) is 5.32 Å². The number of alkyl halides is 3. The normalized spacial score (nSPS) is 16.7. The number of urea groups is 1. The molecule has 1 aliphatic heterocycles. The summed E-state index contributed by atoms with van der Waals surface area (Å²) < 4.78 is 37.9. The predicted molar refractivity (Wildman–Crippen MR) is 61.5 cm³/mol. The van der Waals surface area contributed by atoms with Gasteiger partial charge in [-0.25, -0.2) is 4.79 Å². The first-order valence-corrected chi connectivity index (χ1v) is 5.63. The summed E-state index contributed by atoms with van der Waals surface area (Å²) in [6.45, 7) is 2.69. The van der Waals surface area contributed by atoms with Crippen LogP contribution in [0.3, 0.4) is 0 Å². The van der Waals surface area contributed by atoms with E-state index in [-0.39, 0.29) is 6.03 Å². The number of hydrogen-bond donors (Lipinski definition) is 1. The minimum atomic E-state index is -4.39. The highest BCUT2D eigenvalue weighted by molar-refractivity contribution is 5.93. The fraction of sp³-hybridized carbons (Fsp3) is 0.417. The molecule has 2 amide bonds. The molecular weight excluding hydrogens is 245 g/mol. The molecule has 1 aromatic rings. The minimum absolute atomic E-state index is 0.321. The lowest BCUT2D eigenvalue weighted by Gasteiger charge is -2.29. The van der Waals surface area contributed by atoms with E-state index in [0.717, 1.165) is 18.6 Å².